The molecule has 1 aliphatic heterocycles. The number of aromatic nitrogens is 2. The predicted octanol–water partition coefficient (Wildman–Crippen LogP) is 1.00. The minimum atomic E-state index is -1.30. The van der Waals surface area contributed by atoms with Gasteiger partial charge in [0.05, 0.1) is 31.0 Å². The molecule has 1 unspecified atom stereocenters. The van der Waals surface area contributed by atoms with Crippen LogP contribution in [0.25, 0.3) is 10.8 Å². The number of carboxylic acid groups (broad SMARTS) is 1. The van der Waals surface area contributed by atoms with Crippen LogP contribution in [0.2, 0.25) is 0 Å². The predicted molar refractivity (Wildman–Crippen MR) is 145 cm³/mol. The molecule has 1 fully saturated rings. The molecule has 2 aromatic carbocycles. The standard InChI is InChI=1S/C28H34N6O5/c1-18(35)31-14-24(28(38)39)33-26(37)16-34(15-20-8-4-7-19-6-2-3-9-22(19)20)27(23-10-5-11-30-23)25(36)12-21-13-29-17-32-21/h2-4,6-9,13,17,23-24,27,30H,5,10-12,14-16H2,1H3,(H,29,32)(H,31,35)(H,33,37)(H,38,39)/t23-,24-,27?/m0/s1. The van der Waals surface area contributed by atoms with Gasteiger partial charge in [0.2, 0.25) is 11.8 Å². The first-order chi connectivity index (χ1) is 18.8. The third-order valence-electron chi connectivity index (χ3n) is 6.90. The Morgan fingerprint density at radius 3 is 2.64 bits per heavy atom. The Bertz CT molecular complexity index is 1300. The van der Waals surface area contributed by atoms with Gasteiger partial charge in [0.1, 0.15) is 6.04 Å². The van der Waals surface area contributed by atoms with E-state index >= 15 is 0 Å². The van der Waals surface area contributed by atoms with Gasteiger partial charge in [0, 0.05) is 32.3 Å². The molecule has 0 saturated carbocycles. The average Bonchev–Trinajstić information content (AvgIpc) is 3.61. The topological polar surface area (TPSA) is 157 Å². The lowest BCUT2D eigenvalue weighted by Gasteiger charge is -2.35. The third kappa shape index (κ3) is 7.49. The summed E-state index contributed by atoms with van der Waals surface area (Å²) in [6, 6.07) is 11.7. The Morgan fingerprint density at radius 1 is 1.15 bits per heavy atom. The Kier molecular flexibility index (Phi) is 9.40. The highest BCUT2D eigenvalue weighted by atomic mass is 16.4. The number of amides is 2. The maximum Gasteiger partial charge on any atom is 0.328 e. The first-order valence-corrected chi connectivity index (χ1v) is 13.0. The van der Waals surface area contributed by atoms with E-state index in [2.05, 4.69) is 25.9 Å². The van der Waals surface area contributed by atoms with Crippen molar-refractivity contribution in [1.29, 1.82) is 0 Å². The fourth-order valence-corrected chi connectivity index (χ4v) is 5.11. The molecule has 11 nitrogen and oxygen atoms in total. The molecule has 4 rings (SSSR count). The van der Waals surface area contributed by atoms with Gasteiger partial charge in [0.15, 0.2) is 5.78 Å². The summed E-state index contributed by atoms with van der Waals surface area (Å²) >= 11 is 0. The summed E-state index contributed by atoms with van der Waals surface area (Å²) in [5.74, 6) is -2.29. The van der Waals surface area contributed by atoms with E-state index in [0.717, 1.165) is 35.7 Å². The van der Waals surface area contributed by atoms with Gasteiger partial charge in [-0.1, -0.05) is 42.5 Å². The van der Waals surface area contributed by atoms with Crippen LogP contribution >= 0.6 is 0 Å². The van der Waals surface area contributed by atoms with Crippen molar-refractivity contribution in [2.75, 3.05) is 19.6 Å². The first kappa shape index (κ1) is 27.9. The molecule has 1 aromatic heterocycles. The van der Waals surface area contributed by atoms with Crippen LogP contribution in [0.3, 0.4) is 0 Å². The Morgan fingerprint density at radius 2 is 1.95 bits per heavy atom. The molecule has 11 heteroatoms. The second-order valence-electron chi connectivity index (χ2n) is 9.79. The fraction of sp³-hybridized carbons (Fsp3) is 0.393. The summed E-state index contributed by atoms with van der Waals surface area (Å²) in [7, 11) is 0. The highest BCUT2D eigenvalue weighted by Crippen LogP contribution is 2.24. The van der Waals surface area contributed by atoms with Crippen LogP contribution in [0.5, 0.6) is 0 Å². The molecule has 2 amide bonds. The van der Waals surface area contributed by atoms with Gasteiger partial charge in [0.25, 0.3) is 0 Å². The molecule has 0 radical (unpaired) electrons. The molecule has 206 valence electrons. The maximum atomic E-state index is 13.8. The Hall–Kier alpha value is -4.09. The van der Waals surface area contributed by atoms with Gasteiger partial charge in [-0.05, 0) is 35.7 Å². The summed E-state index contributed by atoms with van der Waals surface area (Å²) in [4.78, 5) is 59.0. The zero-order valence-corrected chi connectivity index (χ0v) is 21.9. The van der Waals surface area contributed by atoms with Crippen molar-refractivity contribution in [2.45, 2.75) is 50.9 Å². The van der Waals surface area contributed by atoms with Gasteiger partial charge >= 0.3 is 5.97 Å². The Balaban J connectivity index is 1.64. The zero-order chi connectivity index (χ0) is 27.8. The Labute approximate surface area is 226 Å². The van der Waals surface area contributed by atoms with Crippen molar-refractivity contribution < 1.29 is 24.3 Å². The number of rotatable bonds is 13. The van der Waals surface area contributed by atoms with E-state index in [1.54, 1.807) is 6.20 Å². The number of benzene rings is 2. The number of carbonyl (C=O) groups excluding carboxylic acids is 3. The van der Waals surface area contributed by atoms with Crippen LogP contribution in [0.4, 0.5) is 0 Å². The highest BCUT2D eigenvalue weighted by molar-refractivity contribution is 5.89. The smallest absolute Gasteiger partial charge is 0.328 e. The normalized spacial score (nSPS) is 16.6. The molecule has 0 spiro atoms. The molecule has 3 aromatic rings. The largest absolute Gasteiger partial charge is 0.480 e. The molecular weight excluding hydrogens is 500 g/mol. The zero-order valence-electron chi connectivity index (χ0n) is 21.9. The number of fused-ring (bicyclic) bond motifs is 1. The number of Topliss-reactive ketones (excluding diaryl/α,β-unsaturated/α-hetero) is 1. The lowest BCUT2D eigenvalue weighted by molar-refractivity contribution is -0.142. The molecule has 3 atom stereocenters. The van der Waals surface area contributed by atoms with Gasteiger partial charge in [-0.25, -0.2) is 9.78 Å². The first-order valence-electron chi connectivity index (χ1n) is 13.0. The van der Waals surface area contributed by atoms with E-state index in [1.165, 1.54) is 13.3 Å². The van der Waals surface area contributed by atoms with Crippen LogP contribution in [0, 0.1) is 0 Å². The van der Waals surface area contributed by atoms with Crippen LogP contribution in [-0.2, 0) is 32.1 Å². The summed E-state index contributed by atoms with van der Waals surface area (Å²) in [6.07, 6.45) is 4.97. The number of hydrogen-bond acceptors (Lipinski definition) is 7. The molecule has 5 N–H and O–H groups in total. The van der Waals surface area contributed by atoms with Crippen molar-refractivity contribution in [3.8, 4) is 0 Å². The van der Waals surface area contributed by atoms with E-state index in [0.29, 0.717) is 12.2 Å². The number of imidazole rings is 1. The average molecular weight is 535 g/mol. The number of hydrogen-bond donors (Lipinski definition) is 5. The number of aromatic amines is 1. The van der Waals surface area contributed by atoms with Crippen LogP contribution in [0.15, 0.2) is 55.0 Å². The molecule has 39 heavy (non-hydrogen) atoms. The molecule has 2 heterocycles. The van der Waals surface area contributed by atoms with E-state index in [9.17, 15) is 24.3 Å². The van der Waals surface area contributed by atoms with Crippen molar-refractivity contribution in [1.82, 2.24) is 30.8 Å². The fourth-order valence-electron chi connectivity index (χ4n) is 5.11. The molecule has 1 aliphatic rings. The quantitative estimate of drug-likeness (QED) is 0.217. The number of H-pyrrole nitrogens is 1. The van der Waals surface area contributed by atoms with Gasteiger partial charge in [-0.15, -0.1) is 0 Å². The summed E-state index contributed by atoms with van der Waals surface area (Å²) in [5, 5.41) is 20.0. The van der Waals surface area contributed by atoms with Gasteiger partial charge < -0.3 is 26.0 Å². The van der Waals surface area contributed by atoms with Crippen molar-refractivity contribution in [3.05, 3.63) is 66.2 Å². The maximum absolute atomic E-state index is 13.8. The van der Waals surface area contributed by atoms with E-state index < -0.39 is 29.9 Å². The van der Waals surface area contributed by atoms with Crippen LogP contribution in [0.1, 0.15) is 31.0 Å². The number of carbonyl (C=O) groups is 4. The highest BCUT2D eigenvalue weighted by Gasteiger charge is 2.37. The minimum absolute atomic E-state index is 0.0810. The van der Waals surface area contributed by atoms with E-state index in [1.807, 2.05) is 47.4 Å². The lowest BCUT2D eigenvalue weighted by Crippen LogP contribution is -2.56. The van der Waals surface area contributed by atoms with Gasteiger partial charge in [-0.2, -0.15) is 0 Å². The van der Waals surface area contributed by atoms with Crippen LogP contribution in [-0.4, -0.2) is 81.3 Å². The number of aliphatic carboxylic acids is 1. The number of carboxylic acids is 1. The molecular formula is C28H34N6O5. The molecule has 1 saturated heterocycles. The van der Waals surface area contributed by atoms with Gasteiger partial charge in [-0.3, -0.25) is 19.3 Å². The van der Waals surface area contributed by atoms with Crippen LogP contribution < -0.4 is 16.0 Å². The number of nitrogens with one attached hydrogen (secondary N) is 4. The summed E-state index contributed by atoms with van der Waals surface area (Å²) < 4.78 is 0. The monoisotopic (exact) mass is 534 g/mol. The summed E-state index contributed by atoms with van der Waals surface area (Å²) in [5.41, 5.74) is 1.56. The van der Waals surface area contributed by atoms with Crippen molar-refractivity contribution in [3.63, 3.8) is 0 Å². The van der Waals surface area contributed by atoms with E-state index in [4.69, 9.17) is 0 Å². The van der Waals surface area contributed by atoms with Crippen molar-refractivity contribution in [2.24, 2.45) is 0 Å². The van der Waals surface area contributed by atoms with Crippen molar-refractivity contribution >= 4 is 34.3 Å². The third-order valence-corrected chi connectivity index (χ3v) is 6.90. The molecule has 0 bridgehead atoms. The minimum Gasteiger partial charge on any atom is -0.480 e. The number of nitrogens with zero attached hydrogens (tertiary/aromatic N) is 2. The second kappa shape index (κ2) is 13.1. The van der Waals surface area contributed by atoms with E-state index in [-0.39, 0.29) is 31.3 Å². The lowest BCUT2D eigenvalue weighted by atomic mass is 9.95. The second-order valence-corrected chi connectivity index (χ2v) is 9.79. The molecule has 0 aliphatic carbocycles. The summed E-state index contributed by atoms with van der Waals surface area (Å²) in [6.45, 7) is 1.89. The number of ketones is 1. The SMILES string of the molecule is CC(=O)NC[C@H](NC(=O)CN(Cc1cccc2ccccc12)C(C(=O)Cc1c[nH]cn1)[C@@H]1CCCN1)C(=O)O.